The van der Waals surface area contributed by atoms with Crippen molar-refractivity contribution in [3.05, 3.63) is 34.4 Å². The van der Waals surface area contributed by atoms with Crippen LogP contribution in [0.25, 0.3) is 0 Å². The van der Waals surface area contributed by atoms with E-state index in [2.05, 4.69) is 25.6 Å². The van der Waals surface area contributed by atoms with Crippen molar-refractivity contribution in [3.8, 4) is 5.75 Å². The molecule has 4 rings (SSSR count). The zero-order valence-corrected chi connectivity index (χ0v) is 18.6. The fourth-order valence-corrected chi connectivity index (χ4v) is 5.05. The molecule has 0 radical (unpaired) electrons. The van der Waals surface area contributed by atoms with E-state index in [0.29, 0.717) is 24.1 Å². The summed E-state index contributed by atoms with van der Waals surface area (Å²) < 4.78 is 6.06. The lowest BCUT2D eigenvalue weighted by molar-refractivity contribution is -0.121. The Bertz CT molecular complexity index is 826. The summed E-state index contributed by atoms with van der Waals surface area (Å²) in [7, 11) is 0. The molecule has 2 aliphatic rings. The molecule has 0 spiro atoms. The number of amides is 1. The van der Waals surface area contributed by atoms with Gasteiger partial charge in [-0.1, -0.05) is 19.3 Å². The van der Waals surface area contributed by atoms with E-state index in [1.54, 1.807) is 17.5 Å². The third kappa shape index (κ3) is 5.79. The molecule has 2 fully saturated rings. The molecule has 7 heteroatoms. The Balaban J connectivity index is 1.26. The number of thiazole rings is 1. The molecule has 0 atom stereocenters. The van der Waals surface area contributed by atoms with E-state index in [-0.39, 0.29) is 11.8 Å². The van der Waals surface area contributed by atoms with Crippen molar-refractivity contribution in [2.45, 2.75) is 58.4 Å². The average Bonchev–Trinajstić information content (AvgIpc) is 3.19. The molecule has 0 aromatic carbocycles. The summed E-state index contributed by atoms with van der Waals surface area (Å²) in [5.41, 5.74) is 1.13. The second-order valence-corrected chi connectivity index (χ2v) is 9.62. The first-order valence-corrected chi connectivity index (χ1v) is 12.1. The minimum Gasteiger partial charge on any atom is -0.489 e. The molecule has 2 aromatic heterocycles. The number of ether oxygens (including phenoxy) is 1. The number of anilines is 1. The fourth-order valence-electron chi connectivity index (χ4n) is 4.44. The molecule has 1 aliphatic carbocycles. The number of likely N-dealkylation sites (tertiary alicyclic amines) is 1. The van der Waals surface area contributed by atoms with Crippen LogP contribution >= 0.6 is 11.3 Å². The highest BCUT2D eigenvalue weighted by Gasteiger charge is 2.26. The summed E-state index contributed by atoms with van der Waals surface area (Å²) in [5.74, 6) is 1.94. The summed E-state index contributed by atoms with van der Waals surface area (Å²) in [6, 6.07) is 3.77. The minimum absolute atomic E-state index is 0.0200. The van der Waals surface area contributed by atoms with Gasteiger partial charge in [0.25, 0.3) is 0 Å². The normalized spacial score (nSPS) is 19.0. The van der Waals surface area contributed by atoms with E-state index < -0.39 is 0 Å². The number of piperidine rings is 1. The van der Waals surface area contributed by atoms with Crippen molar-refractivity contribution in [3.63, 3.8) is 0 Å². The first kappa shape index (κ1) is 21.2. The summed E-state index contributed by atoms with van der Waals surface area (Å²) in [5, 5.41) is 6.27. The number of nitrogens with zero attached hydrogens (tertiary/aromatic N) is 3. The second kappa shape index (κ2) is 10.4. The van der Waals surface area contributed by atoms with Crippen LogP contribution < -0.4 is 10.1 Å². The second-order valence-electron chi connectivity index (χ2n) is 8.56. The fraction of sp³-hybridized carbons (Fsp3) is 0.609. The SMILES string of the molecule is Cc1nc(CN2CCC(C(=O)Nc3ncccc3OCC3CCCCC3)CC2)cs1. The smallest absolute Gasteiger partial charge is 0.228 e. The van der Waals surface area contributed by atoms with E-state index in [1.165, 1.54) is 32.1 Å². The molecule has 0 unspecified atom stereocenters. The zero-order valence-electron chi connectivity index (χ0n) is 17.8. The number of hydrogen-bond donors (Lipinski definition) is 1. The maximum absolute atomic E-state index is 12.9. The van der Waals surface area contributed by atoms with E-state index in [1.807, 2.05) is 19.1 Å². The van der Waals surface area contributed by atoms with Crippen LogP contribution in [0.4, 0.5) is 5.82 Å². The Morgan fingerprint density at radius 2 is 2.03 bits per heavy atom. The number of pyridine rings is 1. The Morgan fingerprint density at radius 1 is 1.23 bits per heavy atom. The van der Waals surface area contributed by atoms with Crippen LogP contribution in [0.15, 0.2) is 23.7 Å². The van der Waals surface area contributed by atoms with Crippen molar-refractivity contribution in [1.29, 1.82) is 0 Å². The van der Waals surface area contributed by atoms with Crippen molar-refractivity contribution >= 4 is 23.1 Å². The zero-order chi connectivity index (χ0) is 20.8. The number of aromatic nitrogens is 2. The molecule has 3 heterocycles. The number of rotatable bonds is 7. The van der Waals surface area contributed by atoms with Crippen molar-refractivity contribution in [2.75, 3.05) is 25.0 Å². The average molecular weight is 429 g/mol. The van der Waals surface area contributed by atoms with Gasteiger partial charge >= 0.3 is 0 Å². The van der Waals surface area contributed by atoms with Crippen LogP contribution in [-0.4, -0.2) is 40.5 Å². The molecular weight excluding hydrogens is 396 g/mol. The number of carbonyl (C=O) groups is 1. The number of carbonyl (C=O) groups excluding carboxylic acids is 1. The standard InChI is InChI=1S/C23H32N4O2S/c1-17-25-20(16-30-17)14-27-12-9-19(10-13-27)23(28)26-22-21(8-5-11-24-22)29-15-18-6-3-2-4-7-18/h5,8,11,16,18-19H,2-4,6-7,9-10,12-15H2,1H3,(H,24,26,28). The molecule has 1 N–H and O–H groups in total. The van der Waals surface area contributed by atoms with Crippen LogP contribution in [0, 0.1) is 18.8 Å². The van der Waals surface area contributed by atoms with E-state index in [0.717, 1.165) is 43.2 Å². The summed E-state index contributed by atoms with van der Waals surface area (Å²) in [6.45, 7) is 5.46. The Morgan fingerprint density at radius 3 is 2.77 bits per heavy atom. The number of aryl methyl sites for hydroxylation is 1. The Labute approximate surface area is 183 Å². The predicted octanol–water partition coefficient (Wildman–Crippen LogP) is 4.66. The highest BCUT2D eigenvalue weighted by molar-refractivity contribution is 7.09. The van der Waals surface area contributed by atoms with Gasteiger partial charge in [-0.05, 0) is 63.7 Å². The Kier molecular flexibility index (Phi) is 7.33. The van der Waals surface area contributed by atoms with Crippen LogP contribution in [0.1, 0.15) is 55.6 Å². The lowest BCUT2D eigenvalue weighted by Gasteiger charge is -2.30. The van der Waals surface area contributed by atoms with Crippen LogP contribution in [-0.2, 0) is 11.3 Å². The van der Waals surface area contributed by atoms with Gasteiger partial charge in [0.2, 0.25) is 5.91 Å². The van der Waals surface area contributed by atoms with Gasteiger partial charge in [0, 0.05) is 24.0 Å². The van der Waals surface area contributed by atoms with Gasteiger partial charge in [-0.15, -0.1) is 11.3 Å². The molecule has 30 heavy (non-hydrogen) atoms. The van der Waals surface area contributed by atoms with Gasteiger partial charge in [-0.3, -0.25) is 9.69 Å². The highest BCUT2D eigenvalue weighted by atomic mass is 32.1. The maximum atomic E-state index is 12.9. The van der Waals surface area contributed by atoms with E-state index in [9.17, 15) is 4.79 Å². The number of nitrogens with one attached hydrogen (secondary N) is 1. The maximum Gasteiger partial charge on any atom is 0.228 e. The van der Waals surface area contributed by atoms with Gasteiger partial charge in [0.1, 0.15) is 0 Å². The first-order valence-electron chi connectivity index (χ1n) is 11.2. The molecule has 1 aliphatic heterocycles. The molecule has 1 saturated heterocycles. The first-order chi connectivity index (χ1) is 14.7. The van der Waals surface area contributed by atoms with Crippen LogP contribution in [0.5, 0.6) is 5.75 Å². The quantitative estimate of drug-likeness (QED) is 0.695. The van der Waals surface area contributed by atoms with Crippen LogP contribution in [0.2, 0.25) is 0 Å². The summed E-state index contributed by atoms with van der Waals surface area (Å²) in [6.07, 6.45) is 9.84. The lowest BCUT2D eigenvalue weighted by Crippen LogP contribution is -2.38. The van der Waals surface area contributed by atoms with E-state index >= 15 is 0 Å². The van der Waals surface area contributed by atoms with Gasteiger partial charge in [0.15, 0.2) is 11.6 Å². The number of hydrogen-bond acceptors (Lipinski definition) is 6. The minimum atomic E-state index is 0.0200. The topological polar surface area (TPSA) is 67.4 Å². The highest BCUT2D eigenvalue weighted by Crippen LogP contribution is 2.28. The monoisotopic (exact) mass is 428 g/mol. The van der Waals surface area contributed by atoms with Crippen molar-refractivity contribution in [1.82, 2.24) is 14.9 Å². The summed E-state index contributed by atoms with van der Waals surface area (Å²) in [4.78, 5) is 24.2. The molecule has 0 bridgehead atoms. The van der Waals surface area contributed by atoms with Crippen LogP contribution in [0.3, 0.4) is 0 Å². The van der Waals surface area contributed by atoms with Gasteiger partial charge in [-0.25, -0.2) is 9.97 Å². The molecular formula is C23H32N4O2S. The van der Waals surface area contributed by atoms with Crippen molar-refractivity contribution in [2.24, 2.45) is 11.8 Å². The Hall–Kier alpha value is -1.99. The largest absolute Gasteiger partial charge is 0.489 e. The molecule has 162 valence electrons. The van der Waals surface area contributed by atoms with Crippen molar-refractivity contribution < 1.29 is 9.53 Å². The van der Waals surface area contributed by atoms with Gasteiger partial charge in [0.05, 0.1) is 17.3 Å². The third-order valence-corrected chi connectivity index (χ3v) is 7.04. The molecule has 1 amide bonds. The van der Waals surface area contributed by atoms with E-state index in [4.69, 9.17) is 4.74 Å². The third-order valence-electron chi connectivity index (χ3n) is 6.22. The van der Waals surface area contributed by atoms with Gasteiger partial charge < -0.3 is 10.1 Å². The summed E-state index contributed by atoms with van der Waals surface area (Å²) >= 11 is 1.69. The lowest BCUT2D eigenvalue weighted by atomic mass is 9.90. The predicted molar refractivity (Wildman–Crippen MR) is 120 cm³/mol. The van der Waals surface area contributed by atoms with Gasteiger partial charge in [-0.2, -0.15) is 0 Å². The molecule has 2 aromatic rings. The molecule has 1 saturated carbocycles. The molecule has 6 nitrogen and oxygen atoms in total.